The summed E-state index contributed by atoms with van der Waals surface area (Å²) >= 11 is 0. The maximum absolute atomic E-state index is 3.51. The summed E-state index contributed by atoms with van der Waals surface area (Å²) in [6, 6.07) is 0. The quantitative estimate of drug-likeness (QED) is 0.582. The van der Waals surface area contributed by atoms with E-state index in [4.69, 9.17) is 0 Å². The molecular formula is C10H20N2. The largest absolute Gasteiger partial charge is 0.314 e. The first-order valence-electron chi connectivity index (χ1n) is 5.19. The lowest BCUT2D eigenvalue weighted by atomic mass is 9.78. The van der Waals surface area contributed by atoms with Gasteiger partial charge in [-0.2, -0.15) is 0 Å². The third kappa shape index (κ3) is 1.17. The normalized spacial score (nSPS) is 44.0. The molecule has 0 aromatic carbocycles. The van der Waals surface area contributed by atoms with Crippen LogP contribution in [0.4, 0.5) is 0 Å². The second-order valence-electron chi connectivity index (χ2n) is 4.56. The molecule has 0 aromatic heterocycles. The maximum atomic E-state index is 3.51. The van der Waals surface area contributed by atoms with Crippen LogP contribution in [0.3, 0.4) is 0 Å². The number of fused-ring (bicyclic) bond motifs is 1. The summed E-state index contributed by atoms with van der Waals surface area (Å²) in [6.07, 6.45) is 2.81. The molecule has 0 amide bonds. The lowest BCUT2D eigenvalue weighted by Crippen LogP contribution is -2.64. The smallest absolute Gasteiger partial charge is 0.0331 e. The van der Waals surface area contributed by atoms with E-state index >= 15 is 0 Å². The lowest BCUT2D eigenvalue weighted by Gasteiger charge is -2.52. The molecule has 70 valence electrons. The third-order valence-electron chi connectivity index (χ3n) is 3.89. The van der Waals surface area contributed by atoms with Crippen molar-refractivity contribution >= 4 is 0 Å². The molecule has 1 N–H and O–H groups in total. The average molecular weight is 168 g/mol. The van der Waals surface area contributed by atoms with Crippen LogP contribution in [0.5, 0.6) is 0 Å². The first-order chi connectivity index (χ1) is 5.73. The Morgan fingerprint density at radius 2 is 2.25 bits per heavy atom. The number of nitrogens with zero attached hydrogens (tertiary/aromatic N) is 1. The van der Waals surface area contributed by atoms with Gasteiger partial charge in [-0.05, 0) is 32.2 Å². The number of piperidine rings is 1. The molecule has 2 heterocycles. The highest BCUT2D eigenvalue weighted by Crippen LogP contribution is 2.33. The number of rotatable bonds is 0. The molecule has 2 nitrogen and oxygen atoms in total. The van der Waals surface area contributed by atoms with E-state index in [0.29, 0.717) is 5.54 Å². The van der Waals surface area contributed by atoms with E-state index in [2.05, 4.69) is 24.1 Å². The molecular weight excluding hydrogens is 148 g/mol. The van der Waals surface area contributed by atoms with Gasteiger partial charge < -0.3 is 5.32 Å². The molecule has 0 spiro atoms. The van der Waals surface area contributed by atoms with E-state index in [9.17, 15) is 0 Å². The Kier molecular flexibility index (Phi) is 2.13. The predicted octanol–water partition coefficient (Wildman–Crippen LogP) is 1.08. The van der Waals surface area contributed by atoms with Gasteiger partial charge in [-0.3, -0.25) is 4.90 Å². The highest BCUT2D eigenvalue weighted by Gasteiger charge is 2.40. The van der Waals surface area contributed by atoms with Crippen LogP contribution in [-0.4, -0.2) is 36.6 Å². The van der Waals surface area contributed by atoms with E-state index in [1.807, 2.05) is 0 Å². The van der Waals surface area contributed by atoms with Crippen molar-refractivity contribution in [3.63, 3.8) is 0 Å². The van der Waals surface area contributed by atoms with Gasteiger partial charge in [-0.15, -0.1) is 0 Å². The molecule has 2 heteroatoms. The molecule has 0 saturated carbocycles. The van der Waals surface area contributed by atoms with Gasteiger partial charge in [0.2, 0.25) is 0 Å². The number of hydrogen-bond donors (Lipinski definition) is 1. The second kappa shape index (κ2) is 3.00. The fourth-order valence-corrected chi connectivity index (χ4v) is 2.68. The summed E-state index contributed by atoms with van der Waals surface area (Å²) in [5.41, 5.74) is 0.455. The topological polar surface area (TPSA) is 15.3 Å². The zero-order chi connectivity index (χ0) is 8.60. The van der Waals surface area contributed by atoms with Crippen molar-refractivity contribution in [3.8, 4) is 0 Å². The van der Waals surface area contributed by atoms with Crippen LogP contribution in [0.25, 0.3) is 0 Å². The van der Waals surface area contributed by atoms with Gasteiger partial charge in [-0.25, -0.2) is 0 Å². The number of hydrogen-bond acceptors (Lipinski definition) is 2. The van der Waals surface area contributed by atoms with E-state index in [0.717, 1.165) is 5.92 Å². The summed E-state index contributed by atoms with van der Waals surface area (Å²) in [5.74, 6) is 0.860. The Balaban J connectivity index is 2.14. The Bertz CT molecular complexity index is 167. The van der Waals surface area contributed by atoms with Gasteiger partial charge in [0.25, 0.3) is 0 Å². The van der Waals surface area contributed by atoms with Crippen molar-refractivity contribution < 1.29 is 0 Å². The summed E-state index contributed by atoms with van der Waals surface area (Å²) in [6.45, 7) is 9.77. The fourth-order valence-electron chi connectivity index (χ4n) is 2.68. The van der Waals surface area contributed by atoms with Crippen molar-refractivity contribution in [1.29, 1.82) is 0 Å². The molecule has 0 aromatic rings. The Hall–Kier alpha value is -0.0800. The molecule has 2 rings (SSSR count). The van der Waals surface area contributed by atoms with Gasteiger partial charge in [0.15, 0.2) is 0 Å². The number of piperazine rings is 1. The first kappa shape index (κ1) is 8.52. The van der Waals surface area contributed by atoms with E-state index < -0.39 is 0 Å². The van der Waals surface area contributed by atoms with Crippen molar-refractivity contribution in [2.45, 2.75) is 32.2 Å². The minimum absolute atomic E-state index is 0.455. The summed E-state index contributed by atoms with van der Waals surface area (Å²) in [7, 11) is 0. The van der Waals surface area contributed by atoms with Crippen LogP contribution in [0.1, 0.15) is 26.7 Å². The third-order valence-corrected chi connectivity index (χ3v) is 3.89. The Morgan fingerprint density at radius 1 is 1.42 bits per heavy atom. The van der Waals surface area contributed by atoms with Gasteiger partial charge in [-0.1, -0.05) is 6.92 Å². The Labute approximate surface area is 75.3 Å². The molecule has 2 aliphatic rings. The zero-order valence-electron chi connectivity index (χ0n) is 8.27. The molecule has 2 unspecified atom stereocenters. The van der Waals surface area contributed by atoms with Crippen LogP contribution < -0.4 is 5.32 Å². The van der Waals surface area contributed by atoms with Crippen molar-refractivity contribution in [1.82, 2.24) is 10.2 Å². The molecule has 2 saturated heterocycles. The molecule has 2 fully saturated rings. The lowest BCUT2D eigenvalue weighted by molar-refractivity contribution is -0.00319. The van der Waals surface area contributed by atoms with E-state index in [1.54, 1.807) is 0 Å². The van der Waals surface area contributed by atoms with Crippen LogP contribution in [0, 0.1) is 5.92 Å². The van der Waals surface area contributed by atoms with Gasteiger partial charge in [0, 0.05) is 25.2 Å². The SMILES string of the molecule is CC1CCCN2CCNCC12C. The average Bonchev–Trinajstić information content (AvgIpc) is 2.07. The first-order valence-corrected chi connectivity index (χ1v) is 5.19. The molecule has 2 atom stereocenters. The van der Waals surface area contributed by atoms with Crippen LogP contribution in [-0.2, 0) is 0 Å². The highest BCUT2D eigenvalue weighted by atomic mass is 15.3. The maximum Gasteiger partial charge on any atom is 0.0331 e. The van der Waals surface area contributed by atoms with Crippen LogP contribution in [0.15, 0.2) is 0 Å². The second-order valence-corrected chi connectivity index (χ2v) is 4.56. The molecule has 0 radical (unpaired) electrons. The van der Waals surface area contributed by atoms with Gasteiger partial charge in [0.05, 0.1) is 0 Å². The van der Waals surface area contributed by atoms with Gasteiger partial charge in [0.1, 0.15) is 0 Å². The monoisotopic (exact) mass is 168 g/mol. The number of nitrogens with one attached hydrogen (secondary N) is 1. The molecule has 0 aliphatic carbocycles. The van der Waals surface area contributed by atoms with Crippen molar-refractivity contribution in [2.24, 2.45) is 5.92 Å². The molecule has 12 heavy (non-hydrogen) atoms. The summed E-state index contributed by atoms with van der Waals surface area (Å²) < 4.78 is 0. The van der Waals surface area contributed by atoms with Gasteiger partial charge >= 0.3 is 0 Å². The van der Waals surface area contributed by atoms with E-state index in [-0.39, 0.29) is 0 Å². The predicted molar refractivity (Wildman–Crippen MR) is 51.2 cm³/mol. The molecule has 2 aliphatic heterocycles. The fraction of sp³-hybridized carbons (Fsp3) is 1.00. The minimum Gasteiger partial charge on any atom is -0.314 e. The molecule has 0 bridgehead atoms. The van der Waals surface area contributed by atoms with Crippen molar-refractivity contribution in [2.75, 3.05) is 26.2 Å². The summed E-state index contributed by atoms with van der Waals surface area (Å²) in [5, 5.41) is 3.51. The van der Waals surface area contributed by atoms with E-state index in [1.165, 1.54) is 39.0 Å². The minimum atomic E-state index is 0.455. The zero-order valence-corrected chi connectivity index (χ0v) is 8.27. The van der Waals surface area contributed by atoms with Crippen molar-refractivity contribution in [3.05, 3.63) is 0 Å². The highest BCUT2D eigenvalue weighted by molar-refractivity contribution is 4.98. The standard InChI is InChI=1S/C10H20N2/c1-9-4-3-6-12-7-5-11-8-10(9,12)2/h9,11H,3-8H2,1-2H3. The van der Waals surface area contributed by atoms with Crippen LogP contribution >= 0.6 is 0 Å². The summed E-state index contributed by atoms with van der Waals surface area (Å²) in [4.78, 5) is 2.68. The van der Waals surface area contributed by atoms with Crippen LogP contribution in [0.2, 0.25) is 0 Å². The Morgan fingerprint density at radius 3 is 3.00 bits per heavy atom.